The normalized spacial score (nSPS) is 16.5. The molecule has 0 saturated carbocycles. The van der Waals surface area contributed by atoms with Crippen LogP contribution in [-0.4, -0.2) is 36.1 Å². The zero-order chi connectivity index (χ0) is 21.1. The second kappa shape index (κ2) is 8.42. The van der Waals surface area contributed by atoms with E-state index in [2.05, 4.69) is 4.99 Å². The van der Waals surface area contributed by atoms with Gasteiger partial charge in [0.2, 0.25) is 0 Å². The van der Waals surface area contributed by atoms with Crippen molar-refractivity contribution in [2.45, 2.75) is 0 Å². The first-order valence-electron chi connectivity index (χ1n) is 9.15. The number of likely N-dealkylation sites (N-methyl/N-ethyl adjacent to an activating group) is 1. The third-order valence-electron chi connectivity index (χ3n) is 4.45. The van der Waals surface area contributed by atoms with E-state index in [1.807, 2.05) is 36.4 Å². The Hall–Kier alpha value is -3.58. The van der Waals surface area contributed by atoms with E-state index in [4.69, 9.17) is 9.15 Å². The van der Waals surface area contributed by atoms with E-state index >= 15 is 0 Å². The Morgan fingerprint density at radius 2 is 1.90 bits per heavy atom. The van der Waals surface area contributed by atoms with Crippen LogP contribution >= 0.6 is 11.8 Å². The van der Waals surface area contributed by atoms with Crippen LogP contribution in [0.25, 0.3) is 17.4 Å². The van der Waals surface area contributed by atoms with Crippen LogP contribution in [0.3, 0.4) is 0 Å². The Morgan fingerprint density at radius 3 is 2.67 bits per heavy atom. The van der Waals surface area contributed by atoms with Crippen LogP contribution in [0.1, 0.15) is 16.1 Å². The zero-order valence-electron chi connectivity index (χ0n) is 16.4. The van der Waals surface area contributed by atoms with E-state index in [9.17, 15) is 9.59 Å². The van der Waals surface area contributed by atoms with E-state index in [1.165, 1.54) is 23.8 Å². The maximum Gasteiger partial charge on any atom is 0.337 e. The predicted octanol–water partition coefficient (Wildman–Crippen LogP) is 4.97. The molecular weight excluding hydrogens is 400 g/mol. The zero-order valence-corrected chi connectivity index (χ0v) is 17.2. The number of esters is 1. The van der Waals surface area contributed by atoms with Crippen molar-refractivity contribution >= 4 is 40.6 Å². The number of carbonyl (C=O) groups excluding carboxylic acids is 2. The van der Waals surface area contributed by atoms with E-state index in [0.29, 0.717) is 27.2 Å². The van der Waals surface area contributed by atoms with Gasteiger partial charge in [-0.3, -0.25) is 9.69 Å². The number of furan rings is 1. The number of ether oxygens (including phenoxy) is 1. The van der Waals surface area contributed by atoms with Crippen molar-refractivity contribution in [3.63, 3.8) is 0 Å². The van der Waals surface area contributed by atoms with Crippen LogP contribution < -0.4 is 0 Å². The van der Waals surface area contributed by atoms with Crippen LogP contribution in [0.2, 0.25) is 0 Å². The van der Waals surface area contributed by atoms with Crippen LogP contribution in [0.5, 0.6) is 0 Å². The smallest absolute Gasteiger partial charge is 0.337 e. The van der Waals surface area contributed by atoms with E-state index < -0.39 is 5.97 Å². The van der Waals surface area contributed by atoms with Gasteiger partial charge in [-0.1, -0.05) is 30.3 Å². The standard InChI is InChI=1S/C23H18N2O4S/c1-25-21(26)20(30-23(25)24-17-9-4-3-5-10-17)14-18-11-12-19(29-18)15-7-6-8-16(13-15)22(27)28-2/h3-14H,1-2H3/b20-14+,24-23?. The molecule has 2 aromatic carbocycles. The van der Waals surface area contributed by atoms with E-state index in [1.54, 1.807) is 43.5 Å². The Bertz CT molecular complexity index is 1160. The third-order valence-corrected chi connectivity index (χ3v) is 5.51. The average Bonchev–Trinajstić information content (AvgIpc) is 3.35. The van der Waals surface area contributed by atoms with Crippen molar-refractivity contribution in [2.75, 3.05) is 14.2 Å². The number of hydrogen-bond acceptors (Lipinski definition) is 6. The number of para-hydroxylation sites is 1. The molecule has 1 aromatic heterocycles. The molecule has 2 heterocycles. The lowest BCUT2D eigenvalue weighted by Crippen LogP contribution is -2.23. The molecule has 30 heavy (non-hydrogen) atoms. The van der Waals surface area contributed by atoms with Crippen molar-refractivity contribution in [3.8, 4) is 11.3 Å². The molecule has 0 aliphatic carbocycles. The van der Waals surface area contributed by atoms with Gasteiger partial charge in [0, 0.05) is 18.7 Å². The summed E-state index contributed by atoms with van der Waals surface area (Å²) < 4.78 is 10.6. The summed E-state index contributed by atoms with van der Waals surface area (Å²) in [6.45, 7) is 0. The van der Waals surface area contributed by atoms with Crippen LogP contribution in [0, 0.1) is 0 Å². The number of thioether (sulfide) groups is 1. The summed E-state index contributed by atoms with van der Waals surface area (Å²) in [4.78, 5) is 30.9. The first kappa shape index (κ1) is 19.7. The minimum absolute atomic E-state index is 0.139. The van der Waals surface area contributed by atoms with Crippen LogP contribution in [-0.2, 0) is 9.53 Å². The molecule has 6 nitrogen and oxygen atoms in total. The quantitative estimate of drug-likeness (QED) is 0.442. The molecule has 0 radical (unpaired) electrons. The lowest BCUT2D eigenvalue weighted by Gasteiger charge is -2.06. The highest BCUT2D eigenvalue weighted by Crippen LogP contribution is 2.34. The summed E-state index contributed by atoms with van der Waals surface area (Å²) in [7, 11) is 3.04. The molecule has 4 rings (SSSR count). The first-order chi connectivity index (χ1) is 14.5. The van der Waals surface area contributed by atoms with Gasteiger partial charge in [-0.05, 0) is 48.2 Å². The molecule has 0 atom stereocenters. The topological polar surface area (TPSA) is 72.1 Å². The number of amides is 1. The van der Waals surface area contributed by atoms with Gasteiger partial charge in [0.1, 0.15) is 11.5 Å². The fourth-order valence-corrected chi connectivity index (χ4v) is 3.86. The number of hydrogen-bond donors (Lipinski definition) is 0. The highest BCUT2D eigenvalue weighted by Gasteiger charge is 2.30. The molecule has 0 bridgehead atoms. The molecular formula is C23H18N2O4S. The summed E-state index contributed by atoms with van der Waals surface area (Å²) in [5.41, 5.74) is 1.97. The molecule has 1 aliphatic heterocycles. The molecule has 0 unspecified atom stereocenters. The minimum atomic E-state index is -0.410. The van der Waals surface area contributed by atoms with Crippen molar-refractivity contribution in [3.05, 3.63) is 83.0 Å². The molecule has 1 amide bonds. The number of methoxy groups -OCH3 is 1. The van der Waals surface area contributed by atoms with Crippen molar-refractivity contribution in [1.82, 2.24) is 4.90 Å². The molecule has 150 valence electrons. The maximum absolute atomic E-state index is 12.6. The van der Waals surface area contributed by atoms with Crippen LogP contribution in [0.15, 0.2) is 81.0 Å². The lowest BCUT2D eigenvalue weighted by molar-refractivity contribution is -0.121. The number of nitrogens with zero attached hydrogens (tertiary/aromatic N) is 2. The predicted molar refractivity (Wildman–Crippen MR) is 117 cm³/mol. The maximum atomic E-state index is 12.6. The van der Waals surface area contributed by atoms with Gasteiger partial charge in [0.15, 0.2) is 5.17 Å². The summed E-state index contributed by atoms with van der Waals surface area (Å²) in [6, 6.07) is 20.1. The van der Waals surface area contributed by atoms with Gasteiger partial charge in [-0.25, -0.2) is 9.79 Å². The number of aliphatic imine (C=N–C) groups is 1. The minimum Gasteiger partial charge on any atom is -0.465 e. The largest absolute Gasteiger partial charge is 0.465 e. The molecule has 7 heteroatoms. The second-order valence-electron chi connectivity index (χ2n) is 6.48. The van der Waals surface area contributed by atoms with Crippen molar-refractivity contribution < 1.29 is 18.7 Å². The number of rotatable bonds is 4. The molecule has 1 aliphatic rings. The first-order valence-corrected chi connectivity index (χ1v) is 9.97. The second-order valence-corrected chi connectivity index (χ2v) is 7.49. The molecule has 1 saturated heterocycles. The third kappa shape index (κ3) is 4.06. The Labute approximate surface area is 177 Å². The van der Waals surface area contributed by atoms with Gasteiger partial charge < -0.3 is 9.15 Å². The van der Waals surface area contributed by atoms with Gasteiger partial charge in [0.05, 0.1) is 23.3 Å². The fourth-order valence-electron chi connectivity index (χ4n) is 2.90. The summed E-state index contributed by atoms with van der Waals surface area (Å²) >= 11 is 1.30. The summed E-state index contributed by atoms with van der Waals surface area (Å²) in [5.74, 6) is 0.584. The lowest BCUT2D eigenvalue weighted by atomic mass is 10.1. The monoisotopic (exact) mass is 418 g/mol. The molecule has 3 aromatic rings. The van der Waals surface area contributed by atoms with Gasteiger partial charge in [0.25, 0.3) is 5.91 Å². The Balaban J connectivity index is 1.58. The summed E-state index contributed by atoms with van der Waals surface area (Å²) in [6.07, 6.45) is 1.70. The Kier molecular flexibility index (Phi) is 5.54. The highest BCUT2D eigenvalue weighted by molar-refractivity contribution is 8.18. The van der Waals surface area contributed by atoms with Gasteiger partial charge in [-0.2, -0.15) is 0 Å². The average molecular weight is 418 g/mol. The van der Waals surface area contributed by atoms with E-state index in [-0.39, 0.29) is 5.91 Å². The SMILES string of the molecule is COC(=O)c1cccc(-c2ccc(/C=C3/SC(=Nc4ccccc4)N(C)C3=O)o2)c1. The number of benzene rings is 2. The molecule has 0 N–H and O–H groups in total. The van der Waals surface area contributed by atoms with E-state index in [0.717, 1.165) is 11.3 Å². The van der Waals surface area contributed by atoms with Crippen molar-refractivity contribution in [1.29, 1.82) is 0 Å². The summed E-state index contributed by atoms with van der Waals surface area (Å²) in [5, 5.41) is 0.606. The molecule has 1 fully saturated rings. The van der Waals surface area contributed by atoms with Crippen LogP contribution in [0.4, 0.5) is 5.69 Å². The van der Waals surface area contributed by atoms with Crippen molar-refractivity contribution in [2.24, 2.45) is 4.99 Å². The van der Waals surface area contributed by atoms with Gasteiger partial charge >= 0.3 is 5.97 Å². The Morgan fingerprint density at radius 1 is 1.10 bits per heavy atom. The highest BCUT2D eigenvalue weighted by atomic mass is 32.2. The fraction of sp³-hybridized carbons (Fsp3) is 0.0870. The molecule has 0 spiro atoms. The number of amidine groups is 1. The number of carbonyl (C=O) groups is 2. The van der Waals surface area contributed by atoms with Gasteiger partial charge in [-0.15, -0.1) is 0 Å².